The van der Waals surface area contributed by atoms with Gasteiger partial charge in [-0.1, -0.05) is 12.1 Å². The van der Waals surface area contributed by atoms with Crippen LogP contribution in [0, 0.1) is 5.92 Å². The predicted octanol–water partition coefficient (Wildman–Crippen LogP) is 0.788. The fraction of sp³-hybridized carbons (Fsp3) is 0.600. The fourth-order valence-corrected chi connectivity index (χ4v) is 5.72. The van der Waals surface area contributed by atoms with Crippen molar-refractivity contribution in [2.75, 3.05) is 39.3 Å². The van der Waals surface area contributed by atoms with Crippen LogP contribution >= 0.6 is 0 Å². The molecule has 0 saturated carbocycles. The number of hydrogen-bond donors (Lipinski definition) is 2. The van der Waals surface area contributed by atoms with Gasteiger partial charge in [-0.05, 0) is 63.9 Å². The van der Waals surface area contributed by atoms with Gasteiger partial charge in [0.25, 0.3) is 0 Å². The van der Waals surface area contributed by atoms with Crippen LogP contribution in [0.5, 0.6) is 0 Å². The van der Waals surface area contributed by atoms with Gasteiger partial charge in [-0.2, -0.15) is 4.31 Å². The van der Waals surface area contributed by atoms with Crippen molar-refractivity contribution in [3.05, 3.63) is 29.8 Å². The van der Waals surface area contributed by atoms with E-state index in [-0.39, 0.29) is 35.4 Å². The van der Waals surface area contributed by atoms with Gasteiger partial charge in [-0.15, -0.1) is 0 Å². The van der Waals surface area contributed by atoms with Crippen LogP contribution in [0.3, 0.4) is 0 Å². The molecule has 2 heterocycles. The molecule has 0 radical (unpaired) electrons. The molecule has 160 valence electrons. The third-order valence-corrected chi connectivity index (χ3v) is 7.70. The number of carbonyl (C=O) groups excluding carboxylic acids is 2. The van der Waals surface area contributed by atoms with E-state index in [2.05, 4.69) is 10.2 Å². The lowest BCUT2D eigenvalue weighted by Crippen LogP contribution is -2.43. The van der Waals surface area contributed by atoms with Crippen LogP contribution in [0.2, 0.25) is 0 Å². The van der Waals surface area contributed by atoms with E-state index in [4.69, 9.17) is 5.73 Å². The number of nitrogens with two attached hydrogens (primary N) is 1. The first kappa shape index (κ1) is 21.7. The Labute approximate surface area is 172 Å². The van der Waals surface area contributed by atoms with Crippen LogP contribution < -0.4 is 11.1 Å². The number of piperidine rings is 1. The molecule has 2 amide bonds. The number of nitrogens with zero attached hydrogens (tertiary/aromatic N) is 2. The summed E-state index contributed by atoms with van der Waals surface area (Å²) in [4.78, 5) is 26.3. The lowest BCUT2D eigenvalue weighted by Gasteiger charge is -2.31. The van der Waals surface area contributed by atoms with Crippen LogP contribution in [0.15, 0.2) is 29.2 Å². The maximum absolute atomic E-state index is 12.9. The van der Waals surface area contributed by atoms with E-state index in [1.165, 1.54) is 29.3 Å². The van der Waals surface area contributed by atoms with E-state index in [0.29, 0.717) is 19.4 Å². The lowest BCUT2D eigenvalue weighted by atomic mass is 9.97. The summed E-state index contributed by atoms with van der Waals surface area (Å²) < 4.78 is 27.2. The van der Waals surface area contributed by atoms with Crippen molar-refractivity contribution in [3.63, 3.8) is 0 Å². The number of rotatable bonds is 8. The van der Waals surface area contributed by atoms with Crippen molar-refractivity contribution in [3.8, 4) is 0 Å². The first-order valence-corrected chi connectivity index (χ1v) is 11.7. The van der Waals surface area contributed by atoms with Gasteiger partial charge in [0.15, 0.2) is 0 Å². The summed E-state index contributed by atoms with van der Waals surface area (Å²) >= 11 is 0. The smallest absolute Gasteiger partial charge is 0.250 e. The predicted molar refractivity (Wildman–Crippen MR) is 110 cm³/mol. The summed E-state index contributed by atoms with van der Waals surface area (Å²) in [7, 11) is -3.82. The zero-order valence-electron chi connectivity index (χ0n) is 16.7. The number of nitrogens with one attached hydrogen (secondary N) is 1. The van der Waals surface area contributed by atoms with Crippen molar-refractivity contribution >= 4 is 21.8 Å². The zero-order valence-corrected chi connectivity index (χ0v) is 17.5. The van der Waals surface area contributed by atoms with Gasteiger partial charge in [0, 0.05) is 25.6 Å². The molecule has 0 atom stereocenters. The highest BCUT2D eigenvalue weighted by atomic mass is 32.2. The van der Waals surface area contributed by atoms with E-state index in [1.807, 2.05) is 0 Å². The molecule has 3 rings (SSSR count). The second-order valence-corrected chi connectivity index (χ2v) is 9.64. The van der Waals surface area contributed by atoms with Crippen LogP contribution in [-0.2, 0) is 14.8 Å². The summed E-state index contributed by atoms with van der Waals surface area (Å²) in [6.45, 7) is 4.47. The third kappa shape index (κ3) is 5.34. The van der Waals surface area contributed by atoms with Crippen molar-refractivity contribution in [2.24, 2.45) is 11.7 Å². The van der Waals surface area contributed by atoms with Crippen molar-refractivity contribution < 1.29 is 18.0 Å². The van der Waals surface area contributed by atoms with Gasteiger partial charge in [-0.25, -0.2) is 8.42 Å². The van der Waals surface area contributed by atoms with Crippen molar-refractivity contribution in [2.45, 2.75) is 37.0 Å². The van der Waals surface area contributed by atoms with Gasteiger partial charge in [0.2, 0.25) is 21.8 Å². The summed E-state index contributed by atoms with van der Waals surface area (Å²) in [5.41, 5.74) is 5.31. The molecule has 1 aromatic carbocycles. The summed E-state index contributed by atoms with van der Waals surface area (Å²) in [5, 5.41) is 2.99. The minimum atomic E-state index is -3.82. The van der Waals surface area contributed by atoms with Crippen molar-refractivity contribution in [1.29, 1.82) is 0 Å². The van der Waals surface area contributed by atoms with E-state index >= 15 is 0 Å². The Kier molecular flexibility index (Phi) is 7.26. The van der Waals surface area contributed by atoms with Gasteiger partial charge >= 0.3 is 0 Å². The van der Waals surface area contributed by atoms with Gasteiger partial charge in [0.05, 0.1) is 10.5 Å². The fourth-order valence-electron chi connectivity index (χ4n) is 4.06. The zero-order chi connectivity index (χ0) is 20.9. The molecule has 3 N–H and O–H groups in total. The molecule has 2 fully saturated rings. The van der Waals surface area contributed by atoms with Gasteiger partial charge in [0.1, 0.15) is 0 Å². The average Bonchev–Trinajstić information content (AvgIpc) is 3.24. The highest BCUT2D eigenvalue weighted by molar-refractivity contribution is 7.89. The maximum Gasteiger partial charge on any atom is 0.250 e. The molecule has 0 aromatic heterocycles. The molecule has 29 heavy (non-hydrogen) atoms. The van der Waals surface area contributed by atoms with Crippen LogP contribution in [0.1, 0.15) is 42.5 Å². The molecule has 2 saturated heterocycles. The molecule has 0 unspecified atom stereocenters. The van der Waals surface area contributed by atoms with Gasteiger partial charge < -0.3 is 16.0 Å². The Morgan fingerprint density at radius 1 is 1.07 bits per heavy atom. The first-order valence-electron chi connectivity index (χ1n) is 10.3. The second-order valence-electron chi connectivity index (χ2n) is 7.73. The number of amides is 2. The molecule has 2 aliphatic heterocycles. The van der Waals surface area contributed by atoms with E-state index in [0.717, 1.165) is 26.1 Å². The van der Waals surface area contributed by atoms with E-state index in [1.54, 1.807) is 12.1 Å². The molecular formula is C20H30N4O4S. The average molecular weight is 423 g/mol. The second kappa shape index (κ2) is 9.69. The number of benzene rings is 1. The Bertz CT molecular complexity index is 829. The Hall–Kier alpha value is -1.97. The third-order valence-electron chi connectivity index (χ3n) is 5.74. The highest BCUT2D eigenvalue weighted by Crippen LogP contribution is 2.26. The Morgan fingerprint density at radius 2 is 1.72 bits per heavy atom. The van der Waals surface area contributed by atoms with Crippen LogP contribution in [0.4, 0.5) is 0 Å². The Morgan fingerprint density at radius 3 is 2.38 bits per heavy atom. The minimum absolute atomic E-state index is 0.000931. The molecule has 0 spiro atoms. The normalized spacial score (nSPS) is 19.3. The number of carbonyl (C=O) groups is 2. The minimum Gasteiger partial charge on any atom is -0.366 e. The Balaban J connectivity index is 1.49. The van der Waals surface area contributed by atoms with Gasteiger partial charge in [-0.3, -0.25) is 9.59 Å². The lowest BCUT2D eigenvalue weighted by molar-refractivity contribution is -0.126. The summed E-state index contributed by atoms with van der Waals surface area (Å²) in [6, 6.07) is 5.97. The van der Waals surface area contributed by atoms with E-state index < -0.39 is 15.9 Å². The molecular weight excluding hydrogens is 392 g/mol. The number of hydrogen-bond acceptors (Lipinski definition) is 5. The number of likely N-dealkylation sites (tertiary alicyclic amines) is 1. The highest BCUT2D eigenvalue weighted by Gasteiger charge is 2.33. The monoisotopic (exact) mass is 422 g/mol. The molecule has 0 aliphatic carbocycles. The topological polar surface area (TPSA) is 113 Å². The maximum atomic E-state index is 12.9. The molecule has 2 aliphatic rings. The molecule has 9 heteroatoms. The molecule has 8 nitrogen and oxygen atoms in total. The van der Waals surface area contributed by atoms with Crippen molar-refractivity contribution in [1.82, 2.24) is 14.5 Å². The molecule has 0 bridgehead atoms. The van der Waals surface area contributed by atoms with Crippen LogP contribution in [-0.4, -0.2) is 68.7 Å². The number of primary amides is 1. The SMILES string of the molecule is NC(=O)c1ccccc1S(=O)(=O)N1CCC(C(=O)NCCCN2CCCC2)CC1. The van der Waals surface area contributed by atoms with E-state index in [9.17, 15) is 18.0 Å². The quantitative estimate of drug-likeness (QED) is 0.602. The largest absolute Gasteiger partial charge is 0.366 e. The first-order chi connectivity index (χ1) is 13.9. The summed E-state index contributed by atoms with van der Waals surface area (Å²) in [6.07, 6.45) is 4.39. The summed E-state index contributed by atoms with van der Waals surface area (Å²) in [5.74, 6) is -0.951. The standard InChI is InChI=1S/C20H30N4O4S/c21-19(25)17-6-1-2-7-18(17)29(27,28)24-14-8-16(9-15-24)20(26)22-10-5-13-23-11-3-4-12-23/h1-2,6-7,16H,3-5,8-15H2,(H2,21,25)(H,22,26). The number of sulfonamides is 1. The van der Waals surface area contributed by atoms with Crippen LogP contribution in [0.25, 0.3) is 0 Å². The molecule has 1 aromatic rings.